The first-order valence-corrected chi connectivity index (χ1v) is 9.36. The summed E-state index contributed by atoms with van der Waals surface area (Å²) in [5, 5.41) is 0. The van der Waals surface area contributed by atoms with E-state index in [4.69, 9.17) is 0 Å². The third-order valence-electron chi connectivity index (χ3n) is 5.06. The van der Waals surface area contributed by atoms with Crippen LogP contribution in [0.25, 0.3) is 0 Å². The molecule has 0 spiro atoms. The van der Waals surface area contributed by atoms with Crippen molar-refractivity contribution in [3.05, 3.63) is 28.2 Å². The fraction of sp³-hybridized carbons (Fsp3) is 0.556. The summed E-state index contributed by atoms with van der Waals surface area (Å²) in [5.41, 5.74) is 1.97. The first-order valence-electron chi connectivity index (χ1n) is 8.57. The summed E-state index contributed by atoms with van der Waals surface area (Å²) in [6.07, 6.45) is 0.321. The monoisotopic (exact) mass is 393 g/mol. The van der Waals surface area contributed by atoms with Gasteiger partial charge in [0.15, 0.2) is 0 Å². The van der Waals surface area contributed by atoms with E-state index >= 15 is 0 Å². The van der Waals surface area contributed by atoms with Gasteiger partial charge in [0.25, 0.3) is 0 Å². The molecule has 6 heteroatoms. The maximum Gasteiger partial charge on any atom is 0.228 e. The number of piperazine rings is 1. The van der Waals surface area contributed by atoms with Crippen LogP contribution in [0.4, 0.5) is 5.69 Å². The number of hydrogen-bond acceptors (Lipinski definition) is 3. The molecule has 2 aliphatic rings. The Morgan fingerprint density at radius 2 is 1.96 bits per heavy atom. The lowest BCUT2D eigenvalue weighted by Crippen LogP contribution is -2.50. The van der Waals surface area contributed by atoms with Gasteiger partial charge in [0.2, 0.25) is 11.8 Å². The van der Waals surface area contributed by atoms with Crippen LogP contribution in [0.2, 0.25) is 0 Å². The molecule has 0 radical (unpaired) electrons. The Morgan fingerprint density at radius 1 is 1.25 bits per heavy atom. The Kier molecular flexibility index (Phi) is 5.25. The normalized spacial score (nSPS) is 22.3. The number of hydrogen-bond donors (Lipinski definition) is 0. The summed E-state index contributed by atoms with van der Waals surface area (Å²) in [7, 11) is 0. The SMILES string of the molecule is CCN1CCN(C(=O)C2CC(=O)N(c3ccc(Br)c(C)c3)C2)CC1. The second-order valence-corrected chi connectivity index (χ2v) is 7.45. The standard InChI is InChI=1S/C18H24BrN3O2/c1-3-20-6-8-21(9-7-20)18(24)14-11-17(23)22(12-14)15-4-5-16(19)13(2)10-15/h4-5,10,14H,3,6-9,11-12H2,1-2H3. The van der Waals surface area contributed by atoms with Gasteiger partial charge in [-0.25, -0.2) is 0 Å². The molecule has 1 unspecified atom stereocenters. The van der Waals surface area contributed by atoms with Crippen molar-refractivity contribution in [1.29, 1.82) is 0 Å². The van der Waals surface area contributed by atoms with Crippen molar-refractivity contribution in [1.82, 2.24) is 9.80 Å². The first-order chi connectivity index (χ1) is 11.5. The van der Waals surface area contributed by atoms with Crippen LogP contribution in [-0.4, -0.2) is 60.9 Å². The third-order valence-corrected chi connectivity index (χ3v) is 5.95. The van der Waals surface area contributed by atoms with Crippen LogP contribution in [0.15, 0.2) is 22.7 Å². The summed E-state index contributed by atoms with van der Waals surface area (Å²) >= 11 is 3.48. The predicted molar refractivity (Wildman–Crippen MR) is 98.0 cm³/mol. The Morgan fingerprint density at radius 3 is 2.58 bits per heavy atom. The van der Waals surface area contributed by atoms with Crippen molar-refractivity contribution < 1.29 is 9.59 Å². The van der Waals surface area contributed by atoms with Gasteiger partial charge in [-0.15, -0.1) is 0 Å². The van der Waals surface area contributed by atoms with Gasteiger partial charge in [-0.05, 0) is 37.2 Å². The maximum absolute atomic E-state index is 12.8. The fourth-order valence-corrected chi connectivity index (χ4v) is 3.71. The van der Waals surface area contributed by atoms with Crippen molar-refractivity contribution in [2.75, 3.05) is 44.2 Å². The molecule has 1 aromatic carbocycles. The number of carbonyl (C=O) groups excluding carboxylic acids is 2. The molecule has 0 aliphatic carbocycles. The number of amides is 2. The zero-order valence-electron chi connectivity index (χ0n) is 14.3. The van der Waals surface area contributed by atoms with Gasteiger partial charge in [0, 0.05) is 49.3 Å². The highest BCUT2D eigenvalue weighted by Crippen LogP contribution is 2.29. The van der Waals surface area contributed by atoms with E-state index in [0.29, 0.717) is 13.0 Å². The van der Waals surface area contributed by atoms with Gasteiger partial charge < -0.3 is 14.7 Å². The molecule has 2 fully saturated rings. The molecule has 2 heterocycles. The molecule has 2 amide bonds. The molecule has 2 saturated heterocycles. The van der Waals surface area contributed by atoms with Gasteiger partial charge in [0.05, 0.1) is 5.92 Å². The summed E-state index contributed by atoms with van der Waals surface area (Å²) < 4.78 is 1.03. The molecule has 0 N–H and O–H groups in total. The van der Waals surface area contributed by atoms with Crippen LogP contribution in [0.5, 0.6) is 0 Å². The van der Waals surface area contributed by atoms with E-state index in [0.717, 1.165) is 48.4 Å². The van der Waals surface area contributed by atoms with Crippen molar-refractivity contribution in [2.45, 2.75) is 20.3 Å². The van der Waals surface area contributed by atoms with Crippen molar-refractivity contribution in [2.24, 2.45) is 5.92 Å². The summed E-state index contributed by atoms with van der Waals surface area (Å²) in [4.78, 5) is 31.2. The average molecular weight is 394 g/mol. The van der Waals surface area contributed by atoms with Crippen LogP contribution in [0, 0.1) is 12.8 Å². The minimum absolute atomic E-state index is 0.0438. The number of halogens is 1. The highest BCUT2D eigenvalue weighted by atomic mass is 79.9. The van der Waals surface area contributed by atoms with E-state index in [1.165, 1.54) is 0 Å². The predicted octanol–water partition coefficient (Wildman–Crippen LogP) is 2.27. The largest absolute Gasteiger partial charge is 0.340 e. The van der Waals surface area contributed by atoms with Gasteiger partial charge in [0.1, 0.15) is 0 Å². The smallest absolute Gasteiger partial charge is 0.228 e. The molecule has 2 aliphatic heterocycles. The lowest BCUT2D eigenvalue weighted by Gasteiger charge is -2.35. The highest BCUT2D eigenvalue weighted by Gasteiger charge is 2.37. The lowest BCUT2D eigenvalue weighted by molar-refractivity contribution is -0.137. The summed E-state index contributed by atoms with van der Waals surface area (Å²) in [5.74, 6) is -0.0349. The van der Waals surface area contributed by atoms with Crippen LogP contribution < -0.4 is 4.90 Å². The van der Waals surface area contributed by atoms with E-state index in [2.05, 4.69) is 27.8 Å². The molecular formula is C18H24BrN3O2. The van der Waals surface area contributed by atoms with Gasteiger partial charge in [-0.1, -0.05) is 22.9 Å². The topological polar surface area (TPSA) is 43.9 Å². The molecule has 24 heavy (non-hydrogen) atoms. The molecule has 0 saturated carbocycles. The van der Waals surface area contributed by atoms with Crippen molar-refractivity contribution >= 4 is 33.4 Å². The second-order valence-electron chi connectivity index (χ2n) is 6.60. The van der Waals surface area contributed by atoms with E-state index in [-0.39, 0.29) is 17.7 Å². The minimum Gasteiger partial charge on any atom is -0.340 e. The minimum atomic E-state index is -0.213. The lowest BCUT2D eigenvalue weighted by atomic mass is 10.1. The zero-order valence-corrected chi connectivity index (χ0v) is 15.9. The average Bonchev–Trinajstić information content (AvgIpc) is 2.98. The molecule has 0 bridgehead atoms. The number of likely N-dealkylation sites (N-methyl/N-ethyl adjacent to an activating group) is 1. The van der Waals surface area contributed by atoms with Crippen LogP contribution in [0.1, 0.15) is 18.9 Å². The summed E-state index contributed by atoms with van der Waals surface area (Å²) in [6.45, 7) is 9.07. The van der Waals surface area contributed by atoms with Crippen LogP contribution >= 0.6 is 15.9 Å². The van der Waals surface area contributed by atoms with Crippen molar-refractivity contribution in [3.63, 3.8) is 0 Å². The number of nitrogens with zero attached hydrogens (tertiary/aromatic N) is 3. The Bertz CT molecular complexity index is 641. The van der Waals surface area contributed by atoms with Gasteiger partial charge in [-0.2, -0.15) is 0 Å². The Balaban J connectivity index is 1.66. The number of aryl methyl sites for hydroxylation is 1. The number of rotatable bonds is 3. The summed E-state index contributed by atoms with van der Waals surface area (Å²) in [6, 6.07) is 5.88. The quantitative estimate of drug-likeness (QED) is 0.790. The molecule has 1 aromatic rings. The van der Waals surface area contributed by atoms with E-state index < -0.39 is 0 Å². The first kappa shape index (κ1) is 17.4. The zero-order chi connectivity index (χ0) is 17.3. The third kappa shape index (κ3) is 3.49. The van der Waals surface area contributed by atoms with Gasteiger partial charge in [-0.3, -0.25) is 9.59 Å². The van der Waals surface area contributed by atoms with Crippen LogP contribution in [0.3, 0.4) is 0 Å². The highest BCUT2D eigenvalue weighted by molar-refractivity contribution is 9.10. The number of benzene rings is 1. The number of anilines is 1. The number of carbonyl (C=O) groups is 2. The van der Waals surface area contributed by atoms with E-state index in [1.54, 1.807) is 4.90 Å². The molecule has 3 rings (SSSR count). The molecule has 1 atom stereocenters. The molecule has 0 aromatic heterocycles. The Labute approximate surface area is 151 Å². The molecule has 130 valence electrons. The van der Waals surface area contributed by atoms with Crippen molar-refractivity contribution in [3.8, 4) is 0 Å². The van der Waals surface area contributed by atoms with Crippen LogP contribution in [-0.2, 0) is 9.59 Å². The second kappa shape index (κ2) is 7.23. The van der Waals surface area contributed by atoms with E-state index in [1.807, 2.05) is 30.0 Å². The molecular weight excluding hydrogens is 370 g/mol. The van der Waals surface area contributed by atoms with E-state index in [9.17, 15) is 9.59 Å². The maximum atomic E-state index is 12.8. The molecule has 5 nitrogen and oxygen atoms in total. The van der Waals surface area contributed by atoms with Gasteiger partial charge >= 0.3 is 0 Å². The Hall–Kier alpha value is -1.40. The fourth-order valence-electron chi connectivity index (χ4n) is 3.46.